The number of aromatic hydroxyl groups is 1. The Morgan fingerprint density at radius 3 is 2.30 bits per heavy atom. The Bertz CT molecular complexity index is 1580. The van der Waals surface area contributed by atoms with Crippen LogP contribution in [0.3, 0.4) is 0 Å². The summed E-state index contributed by atoms with van der Waals surface area (Å²) in [6.45, 7) is 4.63. The van der Waals surface area contributed by atoms with Crippen LogP contribution in [-0.4, -0.2) is 37.0 Å². The smallest absolute Gasteiger partial charge is 0.271 e. The van der Waals surface area contributed by atoms with E-state index >= 15 is 0 Å². The summed E-state index contributed by atoms with van der Waals surface area (Å²) in [5, 5.41) is 18.2. The van der Waals surface area contributed by atoms with Crippen molar-refractivity contribution in [3.63, 3.8) is 0 Å². The van der Waals surface area contributed by atoms with Crippen molar-refractivity contribution in [2.24, 2.45) is 5.10 Å². The fourth-order valence-electron chi connectivity index (χ4n) is 4.88. The predicted molar refractivity (Wildman–Crippen MR) is 148 cm³/mol. The average molecular weight is 512 g/mol. The Morgan fingerprint density at radius 1 is 0.973 bits per heavy atom. The maximum atomic E-state index is 13.9. The molecular weight excluding hydrogens is 482 g/mol. The minimum absolute atomic E-state index is 0.0566. The van der Waals surface area contributed by atoms with Gasteiger partial charge in [0.2, 0.25) is 5.88 Å². The van der Waals surface area contributed by atoms with Gasteiger partial charge in [0.15, 0.2) is 4.77 Å². The van der Waals surface area contributed by atoms with Crippen molar-refractivity contribution in [1.29, 1.82) is 0 Å². The van der Waals surface area contributed by atoms with Gasteiger partial charge >= 0.3 is 0 Å². The van der Waals surface area contributed by atoms with Gasteiger partial charge in [0.05, 0.1) is 23.6 Å². The summed E-state index contributed by atoms with van der Waals surface area (Å²) in [5.41, 5.74) is 3.93. The summed E-state index contributed by atoms with van der Waals surface area (Å²) in [6.07, 6.45) is 8.13. The van der Waals surface area contributed by atoms with Gasteiger partial charge in [0.1, 0.15) is 5.56 Å². The molecular formula is C29H29N5O2S. The molecule has 0 unspecified atom stereocenters. The maximum Gasteiger partial charge on any atom is 0.271 e. The summed E-state index contributed by atoms with van der Waals surface area (Å²) in [7, 11) is 0. The summed E-state index contributed by atoms with van der Waals surface area (Å²) in [4.78, 5) is 18.1. The summed E-state index contributed by atoms with van der Waals surface area (Å²) in [6, 6.07) is 19.2. The molecule has 0 amide bonds. The zero-order valence-electron chi connectivity index (χ0n) is 20.9. The van der Waals surface area contributed by atoms with Gasteiger partial charge in [0, 0.05) is 18.9 Å². The van der Waals surface area contributed by atoms with Crippen LogP contribution in [-0.2, 0) is 0 Å². The van der Waals surface area contributed by atoms with E-state index < -0.39 is 5.56 Å². The van der Waals surface area contributed by atoms with Crippen molar-refractivity contribution in [3.8, 4) is 17.3 Å². The first-order chi connectivity index (χ1) is 18.0. The molecule has 3 heterocycles. The molecule has 1 fully saturated rings. The molecule has 37 heavy (non-hydrogen) atoms. The molecule has 0 bridgehead atoms. The van der Waals surface area contributed by atoms with E-state index in [0.717, 1.165) is 42.5 Å². The number of hydrogen-bond acceptors (Lipinski definition) is 6. The van der Waals surface area contributed by atoms with Crippen molar-refractivity contribution in [2.45, 2.75) is 39.2 Å². The van der Waals surface area contributed by atoms with Crippen LogP contribution in [0.15, 0.2) is 83.0 Å². The Morgan fingerprint density at radius 2 is 1.65 bits per heavy atom. The molecule has 2 aromatic heterocycles. The highest BCUT2D eigenvalue weighted by atomic mass is 32.1. The molecule has 7 nitrogen and oxygen atoms in total. The summed E-state index contributed by atoms with van der Waals surface area (Å²) in [5.74, 6) is -0.229. The minimum atomic E-state index is -0.416. The lowest BCUT2D eigenvalue weighted by molar-refractivity contribution is 0.156. The number of benzene rings is 2. The molecule has 1 aliphatic rings. The van der Waals surface area contributed by atoms with E-state index in [0.29, 0.717) is 11.4 Å². The van der Waals surface area contributed by atoms with Crippen LogP contribution in [0.5, 0.6) is 5.88 Å². The van der Waals surface area contributed by atoms with Gasteiger partial charge in [-0.05, 0) is 80.2 Å². The van der Waals surface area contributed by atoms with E-state index in [4.69, 9.17) is 17.3 Å². The molecule has 0 saturated carbocycles. The second-order valence-corrected chi connectivity index (χ2v) is 9.64. The number of hydrogen-bond donors (Lipinski definition) is 1. The lowest BCUT2D eigenvalue weighted by Crippen LogP contribution is -2.31. The maximum absolute atomic E-state index is 13.9. The van der Waals surface area contributed by atoms with Crippen LogP contribution >= 0.6 is 12.2 Å². The number of pyridine rings is 1. The van der Waals surface area contributed by atoms with Gasteiger partial charge < -0.3 is 5.11 Å². The van der Waals surface area contributed by atoms with Gasteiger partial charge in [-0.3, -0.25) is 23.9 Å². The van der Waals surface area contributed by atoms with Gasteiger partial charge in [-0.1, -0.05) is 42.5 Å². The third kappa shape index (κ3) is 4.72. The Hall–Kier alpha value is -4.04. The third-order valence-corrected chi connectivity index (χ3v) is 7.23. The van der Waals surface area contributed by atoms with Crippen molar-refractivity contribution < 1.29 is 5.11 Å². The molecule has 4 aromatic rings. The zero-order valence-corrected chi connectivity index (χ0v) is 21.7. The molecule has 5 rings (SSSR count). The topological polar surface area (TPSA) is 75.7 Å². The highest BCUT2D eigenvalue weighted by molar-refractivity contribution is 7.71. The molecule has 0 aliphatic carbocycles. The van der Waals surface area contributed by atoms with Gasteiger partial charge in [0.25, 0.3) is 5.56 Å². The predicted octanol–water partition coefficient (Wildman–Crippen LogP) is 5.64. The summed E-state index contributed by atoms with van der Waals surface area (Å²) < 4.78 is 3.22. The monoisotopic (exact) mass is 511 g/mol. The van der Waals surface area contributed by atoms with Crippen LogP contribution in [0.2, 0.25) is 0 Å². The fraction of sp³-hybridized carbons (Fsp3) is 0.241. The Kier molecular flexibility index (Phi) is 7.01. The molecule has 0 radical (unpaired) electrons. The van der Waals surface area contributed by atoms with Crippen LogP contribution in [0.1, 0.15) is 47.6 Å². The zero-order chi connectivity index (χ0) is 25.9. The number of hydrazone groups is 1. The van der Waals surface area contributed by atoms with Crippen LogP contribution < -0.4 is 5.56 Å². The minimum Gasteiger partial charge on any atom is -0.494 e. The van der Waals surface area contributed by atoms with Crippen molar-refractivity contribution in [3.05, 3.63) is 110 Å². The fourth-order valence-corrected chi connectivity index (χ4v) is 5.25. The first kappa shape index (κ1) is 24.6. The largest absolute Gasteiger partial charge is 0.494 e. The summed E-state index contributed by atoms with van der Waals surface area (Å²) >= 11 is 5.81. The van der Waals surface area contributed by atoms with Crippen LogP contribution in [0, 0.1) is 18.6 Å². The SMILES string of the molecule is Cc1ccccc1-n1c(O)c(C=NN2CCCC[C@H]2c2cccnc2)c(=O)n(-c2ccccc2C)c1=S. The third-order valence-electron chi connectivity index (χ3n) is 6.86. The van der Waals surface area contributed by atoms with Crippen LogP contribution in [0.4, 0.5) is 0 Å². The molecule has 8 heteroatoms. The molecule has 1 aliphatic heterocycles. The highest BCUT2D eigenvalue weighted by Gasteiger charge is 2.24. The van der Waals surface area contributed by atoms with Gasteiger partial charge in [-0.2, -0.15) is 5.10 Å². The molecule has 1 saturated heterocycles. The molecule has 0 spiro atoms. The second kappa shape index (κ2) is 10.5. The quantitative estimate of drug-likeness (QED) is 0.277. The number of rotatable bonds is 5. The van der Waals surface area contributed by atoms with E-state index in [1.807, 2.05) is 85.7 Å². The Labute approximate surface area is 221 Å². The standard InChI is InChI=1S/C29H29N5O2S/c1-20-10-3-5-13-24(20)33-27(35)23(28(36)34(29(33)37)25-14-6-4-11-21(25)2)19-31-32-17-8-7-15-26(32)22-12-9-16-30-18-22/h3-6,9-14,16,18-19,26,35H,7-8,15,17H2,1-2H3/t26-/m0/s1. The van der Waals surface area contributed by atoms with Crippen molar-refractivity contribution in [2.75, 3.05) is 6.54 Å². The van der Waals surface area contributed by atoms with E-state index in [2.05, 4.69) is 4.98 Å². The van der Waals surface area contributed by atoms with Crippen LogP contribution in [0.25, 0.3) is 11.4 Å². The average Bonchev–Trinajstić information content (AvgIpc) is 2.91. The van der Waals surface area contributed by atoms with Gasteiger partial charge in [-0.15, -0.1) is 0 Å². The lowest BCUT2D eigenvalue weighted by atomic mass is 9.98. The number of aryl methyl sites for hydroxylation is 2. The second-order valence-electron chi connectivity index (χ2n) is 9.27. The molecule has 1 N–H and O–H groups in total. The van der Waals surface area contributed by atoms with E-state index in [1.165, 1.54) is 10.8 Å². The molecule has 188 valence electrons. The molecule has 2 aromatic carbocycles. The normalized spacial score (nSPS) is 15.8. The first-order valence-electron chi connectivity index (χ1n) is 12.4. The van der Waals surface area contributed by atoms with E-state index in [-0.39, 0.29) is 22.3 Å². The van der Waals surface area contributed by atoms with E-state index in [9.17, 15) is 9.90 Å². The van der Waals surface area contributed by atoms with Gasteiger partial charge in [-0.25, -0.2) is 0 Å². The Balaban J connectivity index is 1.70. The van der Waals surface area contributed by atoms with Crippen molar-refractivity contribution >= 4 is 18.4 Å². The van der Waals surface area contributed by atoms with E-state index in [1.54, 1.807) is 10.8 Å². The number of aromatic nitrogens is 3. The number of nitrogens with zero attached hydrogens (tertiary/aromatic N) is 5. The number of para-hydroxylation sites is 2. The van der Waals surface area contributed by atoms with Crippen molar-refractivity contribution in [1.82, 2.24) is 19.1 Å². The molecule has 1 atom stereocenters. The first-order valence-corrected chi connectivity index (χ1v) is 12.8. The number of piperidine rings is 1. The highest BCUT2D eigenvalue weighted by Crippen LogP contribution is 2.31. The lowest BCUT2D eigenvalue weighted by Gasteiger charge is -2.33.